The number of nitrogens with zero attached hydrogens (tertiary/aromatic N) is 1. The number of halogens is 2. The van der Waals surface area contributed by atoms with E-state index in [0.717, 1.165) is 30.1 Å². The minimum absolute atomic E-state index is 0. The standard InChI is InChI=1S/C15H21ClN2O.ClH/c1-3-18(10-12-6-4-5-7-13(12)16)14(19)15(2)8-9-17-11-15;/h4-7,17H,3,8-11H2,1-2H3;1H. The minimum Gasteiger partial charge on any atom is -0.338 e. The van der Waals surface area contributed by atoms with E-state index in [1.807, 2.05) is 43.0 Å². The second-order valence-electron chi connectivity index (χ2n) is 5.40. The number of rotatable bonds is 4. The maximum atomic E-state index is 12.7. The summed E-state index contributed by atoms with van der Waals surface area (Å²) in [5, 5.41) is 4.00. The fourth-order valence-electron chi connectivity index (χ4n) is 2.54. The Labute approximate surface area is 132 Å². The quantitative estimate of drug-likeness (QED) is 0.925. The molecule has 1 aliphatic rings. The van der Waals surface area contributed by atoms with E-state index < -0.39 is 0 Å². The van der Waals surface area contributed by atoms with E-state index in [-0.39, 0.29) is 23.7 Å². The van der Waals surface area contributed by atoms with Crippen molar-refractivity contribution in [2.75, 3.05) is 19.6 Å². The van der Waals surface area contributed by atoms with Gasteiger partial charge in [-0.1, -0.05) is 29.8 Å². The van der Waals surface area contributed by atoms with Crippen molar-refractivity contribution in [1.82, 2.24) is 10.2 Å². The summed E-state index contributed by atoms with van der Waals surface area (Å²) >= 11 is 6.17. The zero-order chi connectivity index (χ0) is 13.9. The summed E-state index contributed by atoms with van der Waals surface area (Å²) in [6, 6.07) is 7.71. The predicted octanol–water partition coefficient (Wildman–Crippen LogP) is 3.11. The third-order valence-electron chi connectivity index (χ3n) is 3.87. The van der Waals surface area contributed by atoms with Gasteiger partial charge in [0.15, 0.2) is 0 Å². The Hall–Kier alpha value is -0.770. The lowest BCUT2D eigenvalue weighted by Crippen LogP contribution is -2.43. The van der Waals surface area contributed by atoms with E-state index >= 15 is 0 Å². The number of nitrogens with one attached hydrogen (secondary N) is 1. The topological polar surface area (TPSA) is 32.3 Å². The van der Waals surface area contributed by atoms with E-state index in [1.165, 1.54) is 0 Å². The molecule has 20 heavy (non-hydrogen) atoms. The fraction of sp³-hybridized carbons (Fsp3) is 0.533. The predicted molar refractivity (Wildman–Crippen MR) is 85.4 cm³/mol. The molecular weight excluding hydrogens is 295 g/mol. The lowest BCUT2D eigenvalue weighted by atomic mass is 9.88. The number of benzene rings is 1. The first kappa shape index (κ1) is 17.3. The molecule has 1 aliphatic heterocycles. The lowest BCUT2D eigenvalue weighted by Gasteiger charge is -2.30. The molecule has 0 radical (unpaired) electrons. The molecule has 5 heteroatoms. The van der Waals surface area contributed by atoms with Crippen molar-refractivity contribution in [3.8, 4) is 0 Å². The maximum Gasteiger partial charge on any atom is 0.230 e. The summed E-state index contributed by atoms with van der Waals surface area (Å²) in [6.07, 6.45) is 0.908. The van der Waals surface area contributed by atoms with Crippen LogP contribution in [0, 0.1) is 5.41 Å². The van der Waals surface area contributed by atoms with Gasteiger partial charge in [-0.25, -0.2) is 0 Å². The Morgan fingerprint density at radius 1 is 1.45 bits per heavy atom. The van der Waals surface area contributed by atoms with Crippen LogP contribution < -0.4 is 5.32 Å². The van der Waals surface area contributed by atoms with Crippen LogP contribution in [0.5, 0.6) is 0 Å². The molecule has 1 amide bonds. The number of hydrogen-bond acceptors (Lipinski definition) is 2. The van der Waals surface area contributed by atoms with Crippen LogP contribution in [0.1, 0.15) is 25.8 Å². The third-order valence-corrected chi connectivity index (χ3v) is 4.24. The molecule has 0 aliphatic carbocycles. The average Bonchev–Trinajstić information content (AvgIpc) is 2.85. The SMILES string of the molecule is CCN(Cc1ccccc1Cl)C(=O)C1(C)CCNC1.Cl. The summed E-state index contributed by atoms with van der Waals surface area (Å²) in [5.74, 6) is 0.222. The molecule has 0 aromatic heterocycles. The van der Waals surface area contributed by atoms with Crippen LogP contribution in [0.25, 0.3) is 0 Å². The van der Waals surface area contributed by atoms with Crippen molar-refractivity contribution < 1.29 is 4.79 Å². The molecule has 0 spiro atoms. The molecule has 1 aromatic carbocycles. The number of hydrogen-bond donors (Lipinski definition) is 1. The highest BCUT2D eigenvalue weighted by Crippen LogP contribution is 2.28. The summed E-state index contributed by atoms with van der Waals surface area (Å²) in [6.45, 7) is 7.05. The van der Waals surface area contributed by atoms with Crippen LogP contribution in [0.4, 0.5) is 0 Å². The number of carbonyl (C=O) groups is 1. The van der Waals surface area contributed by atoms with E-state index in [1.54, 1.807) is 0 Å². The van der Waals surface area contributed by atoms with Crippen molar-refractivity contribution in [3.05, 3.63) is 34.9 Å². The molecule has 3 nitrogen and oxygen atoms in total. The van der Waals surface area contributed by atoms with Crippen LogP contribution in [0.15, 0.2) is 24.3 Å². The summed E-state index contributed by atoms with van der Waals surface area (Å²) in [4.78, 5) is 14.6. The molecule has 0 bridgehead atoms. The van der Waals surface area contributed by atoms with E-state index in [0.29, 0.717) is 13.1 Å². The van der Waals surface area contributed by atoms with Gasteiger partial charge in [-0.05, 0) is 38.4 Å². The second kappa shape index (κ2) is 7.30. The molecule has 1 saturated heterocycles. The van der Waals surface area contributed by atoms with Gasteiger partial charge in [-0.3, -0.25) is 4.79 Å². The smallest absolute Gasteiger partial charge is 0.230 e. The average molecular weight is 317 g/mol. The van der Waals surface area contributed by atoms with Gasteiger partial charge in [0, 0.05) is 24.7 Å². The van der Waals surface area contributed by atoms with Gasteiger partial charge in [0.2, 0.25) is 5.91 Å². The molecule has 1 N–H and O–H groups in total. The van der Waals surface area contributed by atoms with Gasteiger partial charge < -0.3 is 10.2 Å². The van der Waals surface area contributed by atoms with Crippen molar-refractivity contribution in [2.24, 2.45) is 5.41 Å². The summed E-state index contributed by atoms with van der Waals surface area (Å²) in [5.41, 5.74) is 0.742. The van der Waals surface area contributed by atoms with Crippen LogP contribution in [0.2, 0.25) is 5.02 Å². The first-order valence-corrected chi connectivity index (χ1v) is 7.18. The maximum absolute atomic E-state index is 12.7. The van der Waals surface area contributed by atoms with Crippen LogP contribution in [-0.2, 0) is 11.3 Å². The Bertz CT molecular complexity index is 459. The fourth-order valence-corrected chi connectivity index (χ4v) is 2.74. The van der Waals surface area contributed by atoms with Crippen LogP contribution in [-0.4, -0.2) is 30.4 Å². The van der Waals surface area contributed by atoms with Gasteiger partial charge >= 0.3 is 0 Å². The first-order valence-electron chi connectivity index (χ1n) is 6.80. The molecule has 1 aromatic rings. The molecule has 1 fully saturated rings. The van der Waals surface area contributed by atoms with Gasteiger partial charge in [-0.15, -0.1) is 12.4 Å². The van der Waals surface area contributed by atoms with Gasteiger partial charge in [-0.2, -0.15) is 0 Å². The molecule has 1 atom stereocenters. The minimum atomic E-state index is -0.267. The Morgan fingerprint density at radius 2 is 2.15 bits per heavy atom. The molecule has 2 rings (SSSR count). The second-order valence-corrected chi connectivity index (χ2v) is 5.81. The van der Waals surface area contributed by atoms with E-state index in [9.17, 15) is 4.79 Å². The van der Waals surface area contributed by atoms with Gasteiger partial charge in [0.1, 0.15) is 0 Å². The highest BCUT2D eigenvalue weighted by atomic mass is 35.5. The zero-order valence-electron chi connectivity index (χ0n) is 12.0. The van der Waals surface area contributed by atoms with Crippen LogP contribution in [0.3, 0.4) is 0 Å². The highest BCUT2D eigenvalue weighted by molar-refractivity contribution is 6.31. The van der Waals surface area contributed by atoms with Crippen molar-refractivity contribution >= 4 is 29.9 Å². The molecule has 0 saturated carbocycles. The third kappa shape index (κ3) is 3.66. The van der Waals surface area contributed by atoms with E-state index in [4.69, 9.17) is 11.6 Å². The van der Waals surface area contributed by atoms with Gasteiger partial charge in [0.05, 0.1) is 5.41 Å². The summed E-state index contributed by atoms with van der Waals surface area (Å²) in [7, 11) is 0. The first-order chi connectivity index (χ1) is 9.07. The number of carbonyl (C=O) groups excluding carboxylic acids is 1. The monoisotopic (exact) mass is 316 g/mol. The molecule has 112 valence electrons. The molecular formula is C15H22Cl2N2O. The van der Waals surface area contributed by atoms with Gasteiger partial charge in [0.25, 0.3) is 0 Å². The Morgan fingerprint density at radius 3 is 2.70 bits per heavy atom. The van der Waals surface area contributed by atoms with E-state index in [2.05, 4.69) is 5.32 Å². The number of amides is 1. The molecule has 1 heterocycles. The normalized spacial score (nSPS) is 21.4. The highest BCUT2D eigenvalue weighted by Gasteiger charge is 2.38. The van der Waals surface area contributed by atoms with Crippen molar-refractivity contribution in [2.45, 2.75) is 26.8 Å². The Kier molecular flexibility index (Phi) is 6.31. The zero-order valence-corrected chi connectivity index (χ0v) is 13.6. The Balaban J connectivity index is 0.00000200. The largest absolute Gasteiger partial charge is 0.338 e. The van der Waals surface area contributed by atoms with Crippen LogP contribution >= 0.6 is 24.0 Å². The van der Waals surface area contributed by atoms with Crippen molar-refractivity contribution in [1.29, 1.82) is 0 Å². The van der Waals surface area contributed by atoms with Crippen molar-refractivity contribution in [3.63, 3.8) is 0 Å². The lowest BCUT2D eigenvalue weighted by molar-refractivity contribution is -0.140. The summed E-state index contributed by atoms with van der Waals surface area (Å²) < 4.78 is 0. The molecule has 1 unspecified atom stereocenters.